The van der Waals surface area contributed by atoms with Gasteiger partial charge in [-0.1, -0.05) is 47.5 Å². The standard InChI is InChI=1S/C20H23N2OS/c1-15-4-8-17(9-5-15)20(23)14-21(18-10-6-16(2)7-11-18)19-22(20)12-3-13-24-19/h4-11,23H,3,12-14H2,1-2H3/q+1/t20-/m0/s1. The Labute approximate surface area is 147 Å². The number of nitrogens with zero attached hydrogens (tertiary/aromatic N) is 2. The first-order valence-electron chi connectivity index (χ1n) is 8.49. The summed E-state index contributed by atoms with van der Waals surface area (Å²) in [5.41, 5.74) is 3.64. The van der Waals surface area contributed by atoms with Gasteiger partial charge in [0.05, 0.1) is 6.54 Å². The number of aliphatic hydroxyl groups is 1. The molecule has 0 aromatic heterocycles. The van der Waals surface area contributed by atoms with Gasteiger partial charge in [0.2, 0.25) is 0 Å². The fourth-order valence-electron chi connectivity index (χ4n) is 3.49. The highest BCUT2D eigenvalue weighted by Gasteiger charge is 2.53. The van der Waals surface area contributed by atoms with Crippen LogP contribution in [0.3, 0.4) is 0 Å². The number of rotatable bonds is 2. The van der Waals surface area contributed by atoms with Gasteiger partial charge in [-0.2, -0.15) is 0 Å². The Hall–Kier alpha value is -1.78. The predicted octanol–water partition coefficient (Wildman–Crippen LogP) is 3.47. The molecule has 1 atom stereocenters. The normalized spacial score (nSPS) is 23.5. The third kappa shape index (κ3) is 2.54. The Morgan fingerprint density at radius 2 is 1.62 bits per heavy atom. The molecule has 0 unspecified atom stereocenters. The van der Waals surface area contributed by atoms with E-state index in [1.54, 1.807) is 0 Å². The predicted molar refractivity (Wildman–Crippen MR) is 101 cm³/mol. The first-order valence-corrected chi connectivity index (χ1v) is 9.48. The molecule has 4 rings (SSSR count). The fraction of sp³-hybridized carbons (Fsp3) is 0.350. The molecule has 2 aliphatic heterocycles. The molecular weight excluding hydrogens is 316 g/mol. The van der Waals surface area contributed by atoms with Crippen LogP contribution in [0.2, 0.25) is 0 Å². The van der Waals surface area contributed by atoms with Crippen molar-refractivity contribution in [1.82, 2.24) is 0 Å². The third-order valence-corrected chi connectivity index (χ3v) is 6.10. The van der Waals surface area contributed by atoms with E-state index in [0.29, 0.717) is 6.54 Å². The van der Waals surface area contributed by atoms with Gasteiger partial charge in [0.25, 0.3) is 5.72 Å². The number of thioether (sulfide) groups is 1. The van der Waals surface area contributed by atoms with E-state index < -0.39 is 5.72 Å². The Morgan fingerprint density at radius 1 is 1.00 bits per heavy atom. The van der Waals surface area contributed by atoms with Crippen LogP contribution in [0.15, 0.2) is 48.5 Å². The topological polar surface area (TPSA) is 26.5 Å². The van der Waals surface area contributed by atoms with Gasteiger partial charge in [0, 0.05) is 11.3 Å². The third-order valence-electron chi connectivity index (χ3n) is 4.90. The van der Waals surface area contributed by atoms with Crippen molar-refractivity contribution in [2.45, 2.75) is 26.0 Å². The lowest BCUT2D eigenvalue weighted by molar-refractivity contribution is -0.656. The minimum absolute atomic E-state index is 0.571. The minimum atomic E-state index is -0.957. The Kier molecular flexibility index (Phi) is 3.89. The van der Waals surface area contributed by atoms with Gasteiger partial charge in [0.15, 0.2) is 6.54 Å². The number of hydrogen-bond acceptors (Lipinski definition) is 3. The van der Waals surface area contributed by atoms with Crippen molar-refractivity contribution in [3.05, 3.63) is 65.2 Å². The Bertz CT molecular complexity index is 782. The molecule has 0 aliphatic carbocycles. The van der Waals surface area contributed by atoms with E-state index in [1.807, 2.05) is 11.8 Å². The largest absolute Gasteiger partial charge is 0.346 e. The molecule has 0 fully saturated rings. The average Bonchev–Trinajstić information content (AvgIpc) is 2.91. The quantitative estimate of drug-likeness (QED) is 0.849. The number of β-amino-alcohol motifs (C(OH)–C–C–N with tert-alkyl or cyclic N) is 1. The van der Waals surface area contributed by atoms with Crippen LogP contribution >= 0.6 is 11.8 Å². The smallest absolute Gasteiger partial charge is 0.316 e. The summed E-state index contributed by atoms with van der Waals surface area (Å²) >= 11 is 1.85. The molecule has 0 amide bonds. The van der Waals surface area contributed by atoms with Crippen LogP contribution in [-0.4, -0.2) is 33.7 Å². The molecule has 2 aromatic rings. The number of hydrogen-bond donors (Lipinski definition) is 1. The molecule has 3 nitrogen and oxygen atoms in total. The lowest BCUT2D eigenvalue weighted by atomic mass is 10.0. The van der Waals surface area contributed by atoms with E-state index in [0.717, 1.165) is 30.0 Å². The zero-order valence-electron chi connectivity index (χ0n) is 14.2. The van der Waals surface area contributed by atoms with Crippen molar-refractivity contribution >= 4 is 22.6 Å². The number of anilines is 1. The second-order valence-corrected chi connectivity index (χ2v) is 7.80. The van der Waals surface area contributed by atoms with Crippen molar-refractivity contribution in [3.8, 4) is 0 Å². The van der Waals surface area contributed by atoms with Crippen LogP contribution < -0.4 is 4.90 Å². The van der Waals surface area contributed by atoms with E-state index in [-0.39, 0.29) is 0 Å². The second-order valence-electron chi connectivity index (χ2n) is 6.74. The van der Waals surface area contributed by atoms with Crippen LogP contribution in [0.5, 0.6) is 0 Å². The van der Waals surface area contributed by atoms with Gasteiger partial charge in [0.1, 0.15) is 5.69 Å². The molecule has 0 saturated carbocycles. The van der Waals surface area contributed by atoms with Gasteiger partial charge in [-0.15, -0.1) is 0 Å². The van der Waals surface area contributed by atoms with Crippen LogP contribution in [0.4, 0.5) is 5.69 Å². The van der Waals surface area contributed by atoms with Crippen molar-refractivity contribution < 1.29 is 9.68 Å². The summed E-state index contributed by atoms with van der Waals surface area (Å²) in [7, 11) is 0. The molecule has 4 heteroatoms. The molecular formula is C20H23N2OS+. The van der Waals surface area contributed by atoms with Gasteiger partial charge in [-0.25, -0.2) is 9.48 Å². The van der Waals surface area contributed by atoms with Gasteiger partial charge < -0.3 is 5.11 Å². The highest BCUT2D eigenvalue weighted by Crippen LogP contribution is 2.37. The maximum atomic E-state index is 11.6. The van der Waals surface area contributed by atoms with Crippen molar-refractivity contribution in [2.75, 3.05) is 23.7 Å². The number of benzene rings is 2. The number of aryl methyl sites for hydroxylation is 2. The molecule has 0 spiro atoms. The van der Waals surface area contributed by atoms with Crippen molar-refractivity contribution in [2.24, 2.45) is 0 Å². The van der Waals surface area contributed by atoms with E-state index in [4.69, 9.17) is 0 Å². The number of amidine groups is 1. The van der Waals surface area contributed by atoms with E-state index in [9.17, 15) is 5.11 Å². The molecule has 2 heterocycles. The molecule has 0 radical (unpaired) electrons. The Balaban J connectivity index is 1.78. The SMILES string of the molecule is Cc1ccc(N2C[C@](O)(c3ccc(C)cc3)[N+]3=C2SCCC3)cc1. The molecule has 2 aromatic carbocycles. The highest BCUT2D eigenvalue weighted by atomic mass is 32.2. The molecule has 2 aliphatic rings. The maximum absolute atomic E-state index is 11.6. The summed E-state index contributed by atoms with van der Waals surface area (Å²) in [4.78, 5) is 2.27. The molecule has 24 heavy (non-hydrogen) atoms. The molecule has 1 N–H and O–H groups in total. The molecule has 0 bridgehead atoms. The zero-order chi connectivity index (χ0) is 16.7. The summed E-state index contributed by atoms with van der Waals surface area (Å²) in [5, 5.41) is 12.8. The van der Waals surface area contributed by atoms with Crippen LogP contribution in [0.25, 0.3) is 0 Å². The maximum Gasteiger partial charge on any atom is 0.316 e. The van der Waals surface area contributed by atoms with Gasteiger partial charge in [-0.05, 0) is 44.2 Å². The second kappa shape index (κ2) is 5.94. The summed E-state index contributed by atoms with van der Waals surface area (Å²) in [5.74, 6) is 1.11. The van der Waals surface area contributed by atoms with E-state index in [1.165, 1.54) is 16.3 Å². The van der Waals surface area contributed by atoms with Crippen LogP contribution in [0, 0.1) is 13.8 Å². The van der Waals surface area contributed by atoms with Crippen molar-refractivity contribution in [3.63, 3.8) is 0 Å². The van der Waals surface area contributed by atoms with Gasteiger partial charge >= 0.3 is 5.17 Å². The zero-order valence-corrected chi connectivity index (χ0v) is 15.0. The fourth-order valence-corrected chi connectivity index (χ4v) is 4.67. The van der Waals surface area contributed by atoms with E-state index >= 15 is 0 Å². The van der Waals surface area contributed by atoms with Gasteiger partial charge in [-0.3, -0.25) is 0 Å². The average molecular weight is 339 g/mol. The summed E-state index contributed by atoms with van der Waals surface area (Å²) < 4.78 is 2.19. The summed E-state index contributed by atoms with van der Waals surface area (Å²) in [6.07, 6.45) is 1.10. The first-order chi connectivity index (χ1) is 11.6. The summed E-state index contributed by atoms with van der Waals surface area (Å²) in [6, 6.07) is 16.9. The Morgan fingerprint density at radius 3 is 2.29 bits per heavy atom. The highest BCUT2D eigenvalue weighted by molar-refractivity contribution is 8.13. The lowest BCUT2D eigenvalue weighted by Crippen LogP contribution is -2.41. The lowest BCUT2D eigenvalue weighted by Gasteiger charge is -2.24. The van der Waals surface area contributed by atoms with E-state index in [2.05, 4.69) is 71.9 Å². The molecule has 124 valence electrons. The van der Waals surface area contributed by atoms with Crippen LogP contribution in [-0.2, 0) is 5.72 Å². The van der Waals surface area contributed by atoms with Crippen molar-refractivity contribution in [1.29, 1.82) is 0 Å². The summed E-state index contributed by atoms with van der Waals surface area (Å²) in [6.45, 7) is 5.65. The monoisotopic (exact) mass is 339 g/mol. The van der Waals surface area contributed by atoms with Crippen LogP contribution in [0.1, 0.15) is 23.1 Å². The first kappa shape index (κ1) is 15.7. The molecule has 0 saturated heterocycles. The minimum Gasteiger partial charge on any atom is -0.346 e.